The van der Waals surface area contributed by atoms with Crippen molar-refractivity contribution in [3.05, 3.63) is 83.0 Å². The van der Waals surface area contributed by atoms with Gasteiger partial charge in [-0.2, -0.15) is 4.98 Å². The quantitative estimate of drug-likeness (QED) is 0.260. The zero-order valence-corrected chi connectivity index (χ0v) is 25.3. The minimum atomic E-state index is -4.93. The number of amides is 1. The number of anilines is 1. The maximum Gasteiger partial charge on any atom is 0.574 e. The summed E-state index contributed by atoms with van der Waals surface area (Å²) in [7, 11) is 5.04. The molecule has 2 heterocycles. The van der Waals surface area contributed by atoms with Gasteiger partial charge in [0, 0.05) is 45.0 Å². The first kappa shape index (κ1) is 34.3. The Balaban J connectivity index is 0.00000301. The Kier molecular flexibility index (Phi) is 13.0. The van der Waals surface area contributed by atoms with E-state index in [1.54, 1.807) is 32.1 Å². The highest BCUT2D eigenvalue weighted by atomic mass is 19.4. The summed E-state index contributed by atoms with van der Waals surface area (Å²) in [4.78, 5) is 23.8. The summed E-state index contributed by atoms with van der Waals surface area (Å²) in [5.74, 6) is -0.323. The molecule has 0 aliphatic carbocycles. The molecule has 10 heteroatoms. The van der Waals surface area contributed by atoms with Crippen LogP contribution in [-0.4, -0.2) is 74.0 Å². The molecule has 42 heavy (non-hydrogen) atoms. The van der Waals surface area contributed by atoms with E-state index in [9.17, 15) is 18.0 Å². The van der Waals surface area contributed by atoms with E-state index in [1.165, 1.54) is 23.9 Å². The molecule has 0 spiro atoms. The van der Waals surface area contributed by atoms with Gasteiger partial charge in [0.15, 0.2) is 0 Å². The second-order valence-corrected chi connectivity index (χ2v) is 10.0. The zero-order chi connectivity index (χ0) is 31.4. The highest BCUT2D eigenvalue weighted by molar-refractivity contribution is 5.94. The van der Waals surface area contributed by atoms with Crippen LogP contribution >= 0.6 is 0 Å². The fourth-order valence-electron chi connectivity index (χ4n) is 4.72. The summed E-state index contributed by atoms with van der Waals surface area (Å²) in [6.07, 6.45) is 1.96. The molecule has 7 nitrogen and oxygen atoms in total. The number of aromatic nitrogens is 1. The molecule has 0 radical (unpaired) electrons. The van der Waals surface area contributed by atoms with Crippen LogP contribution in [0, 0.1) is 0 Å². The fourth-order valence-corrected chi connectivity index (χ4v) is 4.72. The SMILES string of the molecule is C=C(/C=C(\C)CN1CCC(c2ccc(C(=O)N(C)C)cc2)CC1)/C(=C\C=NC)c1ccc(N)nc1OC(F)(F)F.CC. The number of pyridine rings is 1. The van der Waals surface area contributed by atoms with Gasteiger partial charge in [0.2, 0.25) is 5.88 Å². The van der Waals surface area contributed by atoms with E-state index in [1.807, 2.05) is 51.1 Å². The number of allylic oxidation sites excluding steroid dienone is 4. The van der Waals surface area contributed by atoms with Gasteiger partial charge < -0.3 is 15.4 Å². The van der Waals surface area contributed by atoms with Crippen LogP contribution in [0.4, 0.5) is 19.0 Å². The van der Waals surface area contributed by atoms with Crippen molar-refractivity contribution < 1.29 is 22.7 Å². The van der Waals surface area contributed by atoms with Crippen molar-refractivity contribution in [2.24, 2.45) is 4.99 Å². The number of hydrogen-bond donors (Lipinski definition) is 1. The summed E-state index contributed by atoms with van der Waals surface area (Å²) >= 11 is 0. The van der Waals surface area contributed by atoms with Gasteiger partial charge in [-0.1, -0.05) is 44.2 Å². The molecule has 1 aliphatic heterocycles. The van der Waals surface area contributed by atoms with Gasteiger partial charge in [0.1, 0.15) is 5.82 Å². The molecule has 0 saturated carbocycles. The number of ether oxygens (including phenoxy) is 1. The number of piperidine rings is 1. The summed E-state index contributed by atoms with van der Waals surface area (Å²) in [6, 6.07) is 10.7. The molecule has 1 aromatic carbocycles. The summed E-state index contributed by atoms with van der Waals surface area (Å²) in [6.45, 7) is 12.6. The number of rotatable bonds is 9. The lowest BCUT2D eigenvalue weighted by Gasteiger charge is -2.32. The van der Waals surface area contributed by atoms with Crippen molar-refractivity contribution >= 4 is 23.5 Å². The third kappa shape index (κ3) is 10.2. The molecule has 1 aromatic heterocycles. The Hall–Kier alpha value is -3.92. The average Bonchev–Trinajstić information content (AvgIpc) is 2.94. The maximum atomic E-state index is 13.1. The third-order valence-electron chi connectivity index (χ3n) is 6.64. The topological polar surface area (TPSA) is 84.1 Å². The smallest absolute Gasteiger partial charge is 0.387 e. The molecule has 0 unspecified atom stereocenters. The predicted molar refractivity (Wildman–Crippen MR) is 165 cm³/mol. The highest BCUT2D eigenvalue weighted by Gasteiger charge is 2.33. The Morgan fingerprint density at radius 3 is 2.33 bits per heavy atom. The molecule has 3 rings (SSSR count). The summed E-state index contributed by atoms with van der Waals surface area (Å²) in [5.41, 5.74) is 9.55. The van der Waals surface area contributed by atoms with Crippen molar-refractivity contribution in [3.63, 3.8) is 0 Å². The van der Waals surface area contributed by atoms with E-state index in [2.05, 4.69) is 26.2 Å². The number of carbonyl (C=O) groups is 1. The number of alkyl halides is 3. The Morgan fingerprint density at radius 2 is 1.79 bits per heavy atom. The molecule has 2 aromatic rings. The van der Waals surface area contributed by atoms with E-state index in [-0.39, 0.29) is 17.3 Å². The maximum absolute atomic E-state index is 13.1. The van der Waals surface area contributed by atoms with E-state index >= 15 is 0 Å². The van der Waals surface area contributed by atoms with E-state index in [4.69, 9.17) is 5.73 Å². The Morgan fingerprint density at radius 1 is 1.17 bits per heavy atom. The number of likely N-dealkylation sites (tertiary alicyclic amines) is 1. The fraction of sp³-hybridized carbons (Fsp3) is 0.406. The molecule has 228 valence electrons. The first-order valence-electron chi connectivity index (χ1n) is 13.9. The third-order valence-corrected chi connectivity index (χ3v) is 6.64. The van der Waals surface area contributed by atoms with Gasteiger partial charge in [0.05, 0.1) is 0 Å². The van der Waals surface area contributed by atoms with Crippen LogP contribution in [0.2, 0.25) is 0 Å². The molecule has 1 saturated heterocycles. The second kappa shape index (κ2) is 15.9. The first-order valence-corrected chi connectivity index (χ1v) is 13.9. The number of hydrogen-bond acceptors (Lipinski definition) is 6. The van der Waals surface area contributed by atoms with Crippen LogP contribution in [0.25, 0.3) is 5.57 Å². The van der Waals surface area contributed by atoms with Crippen LogP contribution in [0.3, 0.4) is 0 Å². The van der Waals surface area contributed by atoms with Crippen LogP contribution in [0.5, 0.6) is 5.88 Å². The molecule has 0 bridgehead atoms. The molecule has 1 fully saturated rings. The lowest BCUT2D eigenvalue weighted by molar-refractivity contribution is -0.276. The normalized spacial score (nSPS) is 15.3. The lowest BCUT2D eigenvalue weighted by atomic mass is 9.88. The van der Waals surface area contributed by atoms with Crippen molar-refractivity contribution in [2.75, 3.05) is 46.5 Å². The average molecular weight is 586 g/mol. The van der Waals surface area contributed by atoms with E-state index in [0.29, 0.717) is 29.2 Å². The monoisotopic (exact) mass is 585 g/mol. The van der Waals surface area contributed by atoms with Crippen LogP contribution in [0.15, 0.2) is 71.3 Å². The van der Waals surface area contributed by atoms with Gasteiger partial charge in [-0.05, 0) is 85.8 Å². The van der Waals surface area contributed by atoms with Gasteiger partial charge in [-0.25, -0.2) is 0 Å². The first-order chi connectivity index (χ1) is 19.9. The van der Waals surface area contributed by atoms with Gasteiger partial charge in [0.25, 0.3) is 5.91 Å². The van der Waals surface area contributed by atoms with Gasteiger partial charge in [-0.3, -0.25) is 14.7 Å². The minimum absolute atomic E-state index is 0.0121. The predicted octanol–water partition coefficient (Wildman–Crippen LogP) is 6.76. The van der Waals surface area contributed by atoms with Crippen molar-refractivity contribution in [1.82, 2.24) is 14.8 Å². The standard InChI is InChI=1S/C30H36F3N5O2.C2H6/c1-20(19-38-16-13-23(14-17-38)22-6-8-24(9-7-22)29(39)37(4)5)18-21(2)25(12-15-35-3)26-10-11-27(34)36-28(26)40-30(31,32)33;1-2/h6-12,15,18,23H,2,13-14,16-17,19H2,1,3-5H3,(H2,34,36);1-2H3/b20-18+,25-12+,35-15?;. The van der Waals surface area contributed by atoms with Crippen molar-refractivity contribution in [3.8, 4) is 5.88 Å². The van der Waals surface area contributed by atoms with Crippen molar-refractivity contribution in [2.45, 2.75) is 45.9 Å². The number of nitrogens with two attached hydrogens (primary N) is 1. The number of nitrogens with zero attached hydrogens (tertiary/aromatic N) is 4. The second-order valence-electron chi connectivity index (χ2n) is 10.0. The summed E-state index contributed by atoms with van der Waals surface area (Å²) < 4.78 is 43.3. The molecular formula is C32H42F3N5O2. The zero-order valence-electron chi connectivity index (χ0n) is 25.3. The molecule has 2 N–H and O–H groups in total. The van der Waals surface area contributed by atoms with Gasteiger partial charge >= 0.3 is 6.36 Å². The molecule has 1 amide bonds. The van der Waals surface area contributed by atoms with Gasteiger partial charge in [-0.15, -0.1) is 13.2 Å². The van der Waals surface area contributed by atoms with Crippen molar-refractivity contribution in [1.29, 1.82) is 0 Å². The largest absolute Gasteiger partial charge is 0.574 e. The number of carbonyl (C=O) groups excluding carboxylic acids is 1. The molecular weight excluding hydrogens is 543 g/mol. The summed E-state index contributed by atoms with van der Waals surface area (Å²) in [5, 5.41) is 0. The number of benzene rings is 1. The van der Waals surface area contributed by atoms with Crippen LogP contribution < -0.4 is 10.5 Å². The minimum Gasteiger partial charge on any atom is -0.387 e. The number of aliphatic imine (C=N–C) groups is 1. The Labute approximate surface area is 247 Å². The van der Waals surface area contributed by atoms with Crippen LogP contribution in [-0.2, 0) is 0 Å². The highest BCUT2D eigenvalue weighted by Crippen LogP contribution is 2.34. The molecule has 1 aliphatic rings. The van der Waals surface area contributed by atoms with E-state index < -0.39 is 12.2 Å². The Bertz CT molecular complexity index is 1290. The molecule has 0 atom stereocenters. The van der Waals surface area contributed by atoms with Crippen LogP contribution in [0.1, 0.15) is 61.0 Å². The number of nitrogen functional groups attached to an aromatic ring is 1. The van der Waals surface area contributed by atoms with E-state index in [0.717, 1.165) is 31.5 Å². The lowest BCUT2D eigenvalue weighted by Crippen LogP contribution is -2.34. The number of halogens is 3.